The second-order valence-electron chi connectivity index (χ2n) is 6.15. The molecule has 2 rings (SSSR count). The molecule has 0 aromatic heterocycles. The molecule has 0 atom stereocenters. The molecule has 25 heavy (non-hydrogen) atoms. The number of benzene rings is 2. The van der Waals surface area contributed by atoms with Gasteiger partial charge in [-0.05, 0) is 59.2 Å². The Kier molecular flexibility index (Phi) is 6.58. The van der Waals surface area contributed by atoms with Crippen LogP contribution in [-0.4, -0.2) is 16.2 Å². The van der Waals surface area contributed by atoms with Crippen LogP contribution in [0.3, 0.4) is 0 Å². The van der Waals surface area contributed by atoms with Gasteiger partial charge in [-0.2, -0.15) is 0 Å². The first-order valence-electron chi connectivity index (χ1n) is 8.41. The summed E-state index contributed by atoms with van der Waals surface area (Å²) in [4.78, 5) is 12.6. The molecule has 0 aliphatic carbocycles. The van der Waals surface area contributed by atoms with Crippen LogP contribution in [0.5, 0.6) is 0 Å². The molecule has 2 aromatic carbocycles. The van der Waals surface area contributed by atoms with Crippen LogP contribution in [0, 0.1) is 5.41 Å². The summed E-state index contributed by atoms with van der Waals surface area (Å²) in [6.45, 7) is 4.88. The number of carbonyl (C=O) groups is 1. The first-order valence-corrected chi connectivity index (χ1v) is 9.49. The lowest BCUT2D eigenvalue weighted by Gasteiger charge is -2.32. The zero-order valence-electron chi connectivity index (χ0n) is 14.6. The number of carbonyl (C=O) groups excluding carboxylic acids is 1. The van der Waals surface area contributed by atoms with Crippen molar-refractivity contribution >= 4 is 37.9 Å². The Bertz CT molecular complexity index is 755. The SMILES string of the molecule is CCC(CC)(CNC(=O)c1ccc(N)c(C(=N)I)c1)c1ccccc1. The van der Waals surface area contributed by atoms with Crippen molar-refractivity contribution in [2.45, 2.75) is 32.1 Å². The van der Waals surface area contributed by atoms with Gasteiger partial charge in [-0.25, -0.2) is 0 Å². The summed E-state index contributed by atoms with van der Waals surface area (Å²) >= 11 is 1.90. The van der Waals surface area contributed by atoms with E-state index in [1.54, 1.807) is 18.2 Å². The van der Waals surface area contributed by atoms with Crippen LogP contribution in [0.4, 0.5) is 5.69 Å². The van der Waals surface area contributed by atoms with Gasteiger partial charge < -0.3 is 11.1 Å². The van der Waals surface area contributed by atoms with Gasteiger partial charge in [-0.1, -0.05) is 44.2 Å². The molecule has 0 aliphatic rings. The van der Waals surface area contributed by atoms with E-state index in [0.717, 1.165) is 12.8 Å². The lowest BCUT2D eigenvalue weighted by Crippen LogP contribution is -2.40. The number of nitrogens with two attached hydrogens (primary N) is 1. The van der Waals surface area contributed by atoms with Crippen molar-refractivity contribution in [2.75, 3.05) is 12.3 Å². The van der Waals surface area contributed by atoms with Crippen molar-refractivity contribution in [1.29, 1.82) is 5.41 Å². The summed E-state index contributed by atoms with van der Waals surface area (Å²) in [5.41, 5.74) is 8.67. The molecule has 4 nitrogen and oxygen atoms in total. The van der Waals surface area contributed by atoms with Crippen molar-refractivity contribution in [3.8, 4) is 0 Å². The molecule has 0 radical (unpaired) electrons. The standard InChI is InChI=1S/C20H24IN3O/c1-3-20(4-2,15-8-6-5-7-9-15)13-24-19(25)14-10-11-17(22)16(12-14)18(21)23/h5-12,23H,3-4,13,22H2,1-2H3,(H,24,25). The average molecular weight is 449 g/mol. The van der Waals surface area contributed by atoms with Gasteiger partial charge in [0.25, 0.3) is 5.91 Å². The zero-order chi connectivity index (χ0) is 18.4. The normalized spacial score (nSPS) is 11.2. The predicted molar refractivity (Wildman–Crippen MR) is 113 cm³/mol. The lowest BCUT2D eigenvalue weighted by atomic mass is 9.76. The summed E-state index contributed by atoms with van der Waals surface area (Å²) in [7, 11) is 0. The van der Waals surface area contributed by atoms with E-state index in [2.05, 4.69) is 31.3 Å². The van der Waals surface area contributed by atoms with Crippen LogP contribution < -0.4 is 11.1 Å². The third-order valence-electron chi connectivity index (χ3n) is 4.88. The van der Waals surface area contributed by atoms with Gasteiger partial charge in [0.2, 0.25) is 0 Å². The third kappa shape index (κ3) is 4.39. The fraction of sp³-hybridized carbons (Fsp3) is 0.300. The number of anilines is 1. The fourth-order valence-electron chi connectivity index (χ4n) is 3.04. The van der Waals surface area contributed by atoms with E-state index in [1.165, 1.54) is 5.56 Å². The quantitative estimate of drug-likeness (QED) is 0.330. The Morgan fingerprint density at radius 3 is 2.36 bits per heavy atom. The van der Waals surface area contributed by atoms with Gasteiger partial charge in [-0.3, -0.25) is 10.2 Å². The van der Waals surface area contributed by atoms with Crippen LogP contribution >= 0.6 is 22.6 Å². The minimum absolute atomic E-state index is 0.0798. The van der Waals surface area contributed by atoms with Crippen LogP contribution in [0.1, 0.15) is 48.2 Å². The molecule has 1 amide bonds. The topological polar surface area (TPSA) is 79.0 Å². The Morgan fingerprint density at radius 2 is 1.80 bits per heavy atom. The van der Waals surface area contributed by atoms with Crippen molar-refractivity contribution in [3.05, 3.63) is 65.2 Å². The highest BCUT2D eigenvalue weighted by atomic mass is 127. The van der Waals surface area contributed by atoms with E-state index >= 15 is 0 Å². The molecule has 0 saturated carbocycles. The highest BCUT2D eigenvalue weighted by Gasteiger charge is 2.29. The predicted octanol–water partition coefficient (Wildman–Crippen LogP) is 4.52. The number of nitrogen functional groups attached to an aromatic ring is 1. The second-order valence-corrected chi connectivity index (χ2v) is 7.23. The third-order valence-corrected chi connectivity index (χ3v) is 5.46. The van der Waals surface area contributed by atoms with E-state index in [-0.39, 0.29) is 11.3 Å². The lowest BCUT2D eigenvalue weighted by molar-refractivity contribution is 0.0941. The number of rotatable bonds is 7. The van der Waals surface area contributed by atoms with Crippen LogP contribution in [0.2, 0.25) is 0 Å². The van der Waals surface area contributed by atoms with Crippen LogP contribution in [0.25, 0.3) is 0 Å². The monoisotopic (exact) mass is 449 g/mol. The average Bonchev–Trinajstić information content (AvgIpc) is 2.64. The number of hydrogen-bond acceptors (Lipinski definition) is 3. The van der Waals surface area contributed by atoms with Crippen molar-refractivity contribution < 1.29 is 4.79 Å². The van der Waals surface area contributed by atoms with Crippen LogP contribution in [-0.2, 0) is 5.41 Å². The number of nitrogens with one attached hydrogen (secondary N) is 2. The minimum Gasteiger partial charge on any atom is -0.398 e. The molecule has 4 N–H and O–H groups in total. The first-order chi connectivity index (χ1) is 11.9. The van der Waals surface area contributed by atoms with E-state index < -0.39 is 0 Å². The van der Waals surface area contributed by atoms with Gasteiger partial charge in [0.1, 0.15) is 3.72 Å². The molecule has 0 heterocycles. The summed E-state index contributed by atoms with van der Waals surface area (Å²) in [6, 6.07) is 15.4. The molecule has 0 fully saturated rings. The van der Waals surface area contributed by atoms with Gasteiger partial charge >= 0.3 is 0 Å². The van der Waals surface area contributed by atoms with E-state index in [4.69, 9.17) is 11.1 Å². The summed E-state index contributed by atoms with van der Waals surface area (Å²) in [6.07, 6.45) is 1.89. The maximum atomic E-state index is 12.6. The summed E-state index contributed by atoms with van der Waals surface area (Å²) in [5.74, 6) is -0.138. The largest absolute Gasteiger partial charge is 0.398 e. The Morgan fingerprint density at radius 1 is 1.16 bits per heavy atom. The highest BCUT2D eigenvalue weighted by molar-refractivity contribution is 14.1. The Balaban J connectivity index is 2.20. The fourth-order valence-corrected chi connectivity index (χ4v) is 3.51. The Hall–Kier alpha value is -1.89. The zero-order valence-corrected chi connectivity index (χ0v) is 16.8. The highest BCUT2D eigenvalue weighted by Crippen LogP contribution is 2.31. The number of hydrogen-bond donors (Lipinski definition) is 3. The van der Waals surface area contributed by atoms with Crippen molar-refractivity contribution in [1.82, 2.24) is 5.32 Å². The molecular formula is C20H24IN3O. The molecule has 0 bridgehead atoms. The second kappa shape index (κ2) is 8.47. The maximum absolute atomic E-state index is 12.6. The minimum atomic E-state index is -0.138. The number of halogens is 1. The molecule has 0 spiro atoms. The van der Waals surface area contributed by atoms with Crippen molar-refractivity contribution in [2.24, 2.45) is 0 Å². The Labute approximate surface area is 162 Å². The summed E-state index contributed by atoms with van der Waals surface area (Å²) in [5, 5.41) is 10.8. The molecule has 0 saturated heterocycles. The van der Waals surface area contributed by atoms with E-state index in [0.29, 0.717) is 27.1 Å². The molecular weight excluding hydrogens is 425 g/mol. The molecule has 2 aromatic rings. The molecule has 5 heteroatoms. The molecule has 132 valence electrons. The van der Waals surface area contributed by atoms with Gasteiger partial charge in [0.05, 0.1) is 0 Å². The number of amides is 1. The van der Waals surface area contributed by atoms with Crippen molar-refractivity contribution in [3.63, 3.8) is 0 Å². The molecule has 0 unspecified atom stereocenters. The van der Waals surface area contributed by atoms with E-state index in [1.807, 2.05) is 40.8 Å². The molecule has 0 aliphatic heterocycles. The van der Waals surface area contributed by atoms with Gasteiger partial charge in [0, 0.05) is 28.8 Å². The van der Waals surface area contributed by atoms with Gasteiger partial charge in [0.15, 0.2) is 0 Å². The summed E-state index contributed by atoms with van der Waals surface area (Å²) < 4.78 is 0.325. The maximum Gasteiger partial charge on any atom is 0.251 e. The first kappa shape index (κ1) is 19.4. The van der Waals surface area contributed by atoms with E-state index in [9.17, 15) is 4.79 Å². The van der Waals surface area contributed by atoms with Crippen LogP contribution in [0.15, 0.2) is 48.5 Å². The smallest absolute Gasteiger partial charge is 0.251 e. The van der Waals surface area contributed by atoms with Gasteiger partial charge in [-0.15, -0.1) is 0 Å².